The van der Waals surface area contributed by atoms with Crippen molar-refractivity contribution in [1.29, 1.82) is 0 Å². The highest BCUT2D eigenvalue weighted by molar-refractivity contribution is 5.76. The van der Waals surface area contributed by atoms with Crippen molar-refractivity contribution in [1.82, 2.24) is 29.7 Å². The second-order valence-electron chi connectivity index (χ2n) is 6.27. The van der Waals surface area contributed by atoms with E-state index in [9.17, 15) is 0 Å². The molecule has 3 heterocycles. The molecule has 112 valence electrons. The predicted octanol–water partition coefficient (Wildman–Crippen LogP) is 2.81. The van der Waals surface area contributed by atoms with Crippen LogP contribution in [0.5, 0.6) is 0 Å². The topological polar surface area (TPSA) is 84.3 Å². The average Bonchev–Trinajstić information content (AvgIpc) is 3.42. The number of aromatic amines is 1. The molecule has 0 saturated heterocycles. The zero-order valence-electron chi connectivity index (χ0n) is 12.4. The number of nitrogens with zero attached hydrogens (tertiary/aromatic N) is 5. The molecule has 5 rings (SSSR count). The van der Waals surface area contributed by atoms with Crippen molar-refractivity contribution < 1.29 is 0 Å². The van der Waals surface area contributed by atoms with E-state index >= 15 is 0 Å². The smallest absolute Gasteiger partial charge is 0.229 e. The Morgan fingerprint density at radius 2 is 2.09 bits per heavy atom. The monoisotopic (exact) mass is 295 g/mol. The van der Waals surface area contributed by atoms with Gasteiger partial charge in [-0.25, -0.2) is 9.97 Å². The number of hydrogen-bond acceptors (Lipinski definition) is 5. The molecule has 2 fully saturated rings. The lowest BCUT2D eigenvalue weighted by atomic mass is 10.2. The molecule has 0 spiro atoms. The Morgan fingerprint density at radius 3 is 2.86 bits per heavy atom. The molecule has 0 unspecified atom stereocenters. The zero-order chi connectivity index (χ0) is 14.7. The summed E-state index contributed by atoms with van der Waals surface area (Å²) in [4.78, 5) is 16.7. The Balaban J connectivity index is 1.53. The quantitative estimate of drug-likeness (QED) is 0.773. The summed E-state index contributed by atoms with van der Waals surface area (Å²) in [6.45, 7) is 2.01. The maximum absolute atomic E-state index is 4.71. The first kappa shape index (κ1) is 12.1. The van der Waals surface area contributed by atoms with Gasteiger partial charge in [0, 0.05) is 12.1 Å². The molecule has 2 aliphatic carbocycles. The van der Waals surface area contributed by atoms with Crippen molar-refractivity contribution in [2.45, 2.75) is 44.6 Å². The molecule has 2 N–H and O–H groups in total. The van der Waals surface area contributed by atoms with Gasteiger partial charge in [0.2, 0.25) is 5.95 Å². The van der Waals surface area contributed by atoms with Gasteiger partial charge in [-0.05, 0) is 32.6 Å². The molecule has 3 aromatic heterocycles. The summed E-state index contributed by atoms with van der Waals surface area (Å²) < 4.78 is 2.05. The Kier molecular flexibility index (Phi) is 2.36. The van der Waals surface area contributed by atoms with Gasteiger partial charge in [0.15, 0.2) is 5.65 Å². The summed E-state index contributed by atoms with van der Waals surface area (Å²) in [5, 5.41) is 7.89. The maximum Gasteiger partial charge on any atom is 0.229 e. The third-order valence-electron chi connectivity index (χ3n) is 4.36. The Morgan fingerprint density at radius 1 is 1.23 bits per heavy atom. The molecule has 7 heteroatoms. The summed E-state index contributed by atoms with van der Waals surface area (Å²) >= 11 is 0. The van der Waals surface area contributed by atoms with Gasteiger partial charge < -0.3 is 10.3 Å². The van der Waals surface area contributed by atoms with Gasteiger partial charge in [0.05, 0.1) is 29.4 Å². The molecule has 0 aromatic carbocycles. The van der Waals surface area contributed by atoms with Crippen LogP contribution in [0.4, 0.5) is 11.6 Å². The first-order chi connectivity index (χ1) is 10.8. The zero-order valence-corrected chi connectivity index (χ0v) is 12.4. The second-order valence-corrected chi connectivity index (χ2v) is 6.27. The number of aromatic nitrogens is 6. The highest BCUT2D eigenvalue weighted by Gasteiger charge is 2.29. The second kappa shape index (κ2) is 4.28. The molecule has 0 bridgehead atoms. The van der Waals surface area contributed by atoms with Crippen LogP contribution in [0.25, 0.3) is 11.2 Å². The number of anilines is 2. The predicted molar refractivity (Wildman–Crippen MR) is 82.2 cm³/mol. The summed E-state index contributed by atoms with van der Waals surface area (Å²) in [6.07, 6.45) is 8.59. The molecular formula is C15H17N7. The van der Waals surface area contributed by atoms with Crippen molar-refractivity contribution in [3.05, 3.63) is 23.9 Å². The van der Waals surface area contributed by atoms with Gasteiger partial charge in [0.1, 0.15) is 5.52 Å². The minimum absolute atomic E-state index is 0.543. The Labute approximate surface area is 127 Å². The van der Waals surface area contributed by atoms with Crippen LogP contribution >= 0.6 is 0 Å². The first-order valence-corrected chi connectivity index (χ1v) is 7.82. The average molecular weight is 295 g/mol. The molecule has 0 atom stereocenters. The van der Waals surface area contributed by atoms with Gasteiger partial charge in [-0.15, -0.1) is 0 Å². The van der Waals surface area contributed by atoms with E-state index in [-0.39, 0.29) is 0 Å². The van der Waals surface area contributed by atoms with Crippen LogP contribution in [0.3, 0.4) is 0 Å². The van der Waals surface area contributed by atoms with E-state index in [1.54, 1.807) is 6.33 Å². The molecule has 3 aromatic rings. The number of H-pyrrole nitrogens is 1. The Bertz CT molecular complexity index is 854. The molecule has 0 aliphatic heterocycles. The summed E-state index contributed by atoms with van der Waals surface area (Å²) in [5.74, 6) is 1.15. The summed E-state index contributed by atoms with van der Waals surface area (Å²) in [5.41, 5.74) is 4.73. The standard InChI is InChI=1S/C15H17N7/c1-8-11(6-22(21-8)10-4-5-10)18-15-19-12(9-2-3-9)13-14(20-15)17-7-16-13/h6-7,9-10H,2-5H2,1H3,(H2,16,17,18,19,20). The van der Waals surface area contributed by atoms with E-state index in [0.717, 1.165) is 28.2 Å². The van der Waals surface area contributed by atoms with Gasteiger partial charge in [-0.2, -0.15) is 10.1 Å². The van der Waals surface area contributed by atoms with E-state index < -0.39 is 0 Å². The maximum atomic E-state index is 4.71. The fourth-order valence-electron chi connectivity index (χ4n) is 2.81. The number of imidazole rings is 1. The fourth-order valence-corrected chi connectivity index (χ4v) is 2.81. The highest BCUT2D eigenvalue weighted by Crippen LogP contribution is 2.41. The van der Waals surface area contributed by atoms with Crippen molar-refractivity contribution >= 4 is 22.8 Å². The summed E-state index contributed by atoms with van der Waals surface area (Å²) in [6, 6.07) is 0.575. The Hall–Kier alpha value is -2.44. The van der Waals surface area contributed by atoms with E-state index in [1.165, 1.54) is 25.7 Å². The largest absolute Gasteiger partial charge is 0.342 e. The van der Waals surface area contributed by atoms with Crippen LogP contribution in [-0.4, -0.2) is 29.7 Å². The number of rotatable bonds is 4. The van der Waals surface area contributed by atoms with Crippen LogP contribution in [-0.2, 0) is 0 Å². The number of aryl methyl sites for hydroxylation is 1. The third-order valence-corrected chi connectivity index (χ3v) is 4.36. The van der Waals surface area contributed by atoms with Crippen LogP contribution in [0, 0.1) is 6.92 Å². The number of hydrogen-bond donors (Lipinski definition) is 2. The van der Waals surface area contributed by atoms with Gasteiger partial charge in [-0.3, -0.25) is 4.68 Å². The lowest BCUT2D eigenvalue weighted by molar-refractivity contribution is 0.635. The van der Waals surface area contributed by atoms with Crippen LogP contribution in [0.15, 0.2) is 12.5 Å². The molecule has 7 nitrogen and oxygen atoms in total. The van der Waals surface area contributed by atoms with Crippen LogP contribution in [0.2, 0.25) is 0 Å². The molecule has 22 heavy (non-hydrogen) atoms. The molecular weight excluding hydrogens is 278 g/mol. The van der Waals surface area contributed by atoms with Crippen molar-refractivity contribution in [2.75, 3.05) is 5.32 Å². The van der Waals surface area contributed by atoms with E-state index in [2.05, 4.69) is 31.6 Å². The molecule has 2 saturated carbocycles. The van der Waals surface area contributed by atoms with Gasteiger partial charge in [0.25, 0.3) is 0 Å². The number of fused-ring (bicyclic) bond motifs is 1. The number of nitrogens with one attached hydrogen (secondary N) is 2. The molecule has 2 aliphatic rings. The molecule has 0 amide bonds. The highest BCUT2D eigenvalue weighted by atomic mass is 15.3. The third kappa shape index (κ3) is 1.96. The van der Waals surface area contributed by atoms with Crippen molar-refractivity contribution in [3.63, 3.8) is 0 Å². The van der Waals surface area contributed by atoms with Crippen LogP contribution in [0.1, 0.15) is 49.0 Å². The van der Waals surface area contributed by atoms with E-state index in [0.29, 0.717) is 17.9 Å². The van der Waals surface area contributed by atoms with E-state index in [4.69, 9.17) is 4.98 Å². The van der Waals surface area contributed by atoms with Crippen molar-refractivity contribution in [3.8, 4) is 0 Å². The van der Waals surface area contributed by atoms with E-state index in [1.807, 2.05) is 11.6 Å². The SMILES string of the molecule is Cc1nn(C2CC2)cc1Nc1nc(C2CC2)c2[nH]cnc2n1. The molecule has 0 radical (unpaired) electrons. The minimum Gasteiger partial charge on any atom is -0.342 e. The van der Waals surface area contributed by atoms with Gasteiger partial charge >= 0.3 is 0 Å². The normalized spacial score (nSPS) is 18.0. The fraction of sp³-hybridized carbons (Fsp3) is 0.467. The minimum atomic E-state index is 0.543. The lowest BCUT2D eigenvalue weighted by Gasteiger charge is -2.06. The van der Waals surface area contributed by atoms with Gasteiger partial charge in [-0.1, -0.05) is 0 Å². The van der Waals surface area contributed by atoms with Crippen molar-refractivity contribution in [2.24, 2.45) is 0 Å². The lowest BCUT2D eigenvalue weighted by Crippen LogP contribution is -2.01. The first-order valence-electron chi connectivity index (χ1n) is 7.82. The van der Waals surface area contributed by atoms with Crippen LogP contribution < -0.4 is 5.32 Å². The summed E-state index contributed by atoms with van der Waals surface area (Å²) in [7, 11) is 0.